The van der Waals surface area contributed by atoms with E-state index in [0.29, 0.717) is 6.42 Å². The summed E-state index contributed by atoms with van der Waals surface area (Å²) in [5.74, 6) is -0.707. The van der Waals surface area contributed by atoms with Gasteiger partial charge < -0.3 is 5.11 Å². The molecule has 0 saturated carbocycles. The molecule has 0 spiro atoms. The maximum Gasteiger partial charge on any atom is 0.320 e. The summed E-state index contributed by atoms with van der Waals surface area (Å²) in [6.45, 7) is 6.32. The molecule has 1 aliphatic heterocycles. The van der Waals surface area contributed by atoms with E-state index in [1.165, 1.54) is 4.88 Å². The van der Waals surface area contributed by atoms with Gasteiger partial charge in [0.1, 0.15) is 6.04 Å². The van der Waals surface area contributed by atoms with Gasteiger partial charge in [-0.15, -0.1) is 11.3 Å². The highest BCUT2D eigenvalue weighted by Crippen LogP contribution is 2.23. The molecule has 1 fully saturated rings. The first-order valence-electron chi connectivity index (χ1n) is 6.53. The Morgan fingerprint density at radius 2 is 2.11 bits per heavy atom. The number of hydrogen-bond donors (Lipinski definition) is 1. The van der Waals surface area contributed by atoms with Crippen molar-refractivity contribution in [3.8, 4) is 0 Å². The molecule has 2 rings (SSSR count). The zero-order valence-electron chi connectivity index (χ0n) is 11.0. The molecule has 6 heteroatoms. The smallest absolute Gasteiger partial charge is 0.320 e. The van der Waals surface area contributed by atoms with E-state index in [4.69, 9.17) is 16.7 Å². The van der Waals surface area contributed by atoms with Crippen LogP contribution in [0.15, 0.2) is 12.1 Å². The lowest BCUT2D eigenvalue weighted by Crippen LogP contribution is -2.52. The monoisotopic (exact) mass is 302 g/mol. The Labute approximate surface area is 122 Å². The van der Waals surface area contributed by atoms with Gasteiger partial charge in [0.15, 0.2) is 0 Å². The summed E-state index contributed by atoms with van der Waals surface area (Å²) in [7, 11) is 0. The maximum atomic E-state index is 11.1. The van der Waals surface area contributed by atoms with E-state index in [9.17, 15) is 4.79 Å². The van der Waals surface area contributed by atoms with Gasteiger partial charge in [-0.2, -0.15) is 0 Å². The van der Waals surface area contributed by atoms with Gasteiger partial charge in [0.25, 0.3) is 0 Å². The van der Waals surface area contributed by atoms with Crippen molar-refractivity contribution in [2.45, 2.75) is 25.9 Å². The molecular formula is C13H19ClN2O2S. The van der Waals surface area contributed by atoms with Crippen LogP contribution in [0.1, 0.15) is 18.2 Å². The van der Waals surface area contributed by atoms with Gasteiger partial charge in [-0.1, -0.05) is 18.5 Å². The van der Waals surface area contributed by atoms with Crippen molar-refractivity contribution in [1.82, 2.24) is 9.80 Å². The van der Waals surface area contributed by atoms with Gasteiger partial charge in [-0.3, -0.25) is 14.6 Å². The first-order valence-corrected chi connectivity index (χ1v) is 7.73. The Morgan fingerprint density at radius 1 is 1.42 bits per heavy atom. The van der Waals surface area contributed by atoms with Crippen LogP contribution < -0.4 is 0 Å². The van der Waals surface area contributed by atoms with Crippen LogP contribution in [-0.4, -0.2) is 53.1 Å². The lowest BCUT2D eigenvalue weighted by Gasteiger charge is -2.37. The summed E-state index contributed by atoms with van der Waals surface area (Å²) >= 11 is 7.54. The second-order valence-corrected chi connectivity index (χ2v) is 6.58. The SMILES string of the molecule is CCC(C(=O)O)N1CCN(Cc2ccc(Cl)s2)CC1. The van der Waals surface area contributed by atoms with E-state index >= 15 is 0 Å². The zero-order valence-corrected chi connectivity index (χ0v) is 12.6. The molecule has 0 amide bonds. The number of hydrogen-bond acceptors (Lipinski definition) is 4. The summed E-state index contributed by atoms with van der Waals surface area (Å²) in [6.07, 6.45) is 0.663. The first-order chi connectivity index (χ1) is 9.10. The highest BCUT2D eigenvalue weighted by molar-refractivity contribution is 7.16. The average Bonchev–Trinajstić information content (AvgIpc) is 2.77. The minimum absolute atomic E-state index is 0.335. The molecule has 19 heavy (non-hydrogen) atoms. The number of carboxylic acid groups (broad SMARTS) is 1. The normalized spacial score (nSPS) is 19.5. The van der Waals surface area contributed by atoms with Crippen LogP contribution in [0.4, 0.5) is 0 Å². The Morgan fingerprint density at radius 3 is 2.58 bits per heavy atom. The van der Waals surface area contributed by atoms with Gasteiger partial charge in [-0.25, -0.2) is 0 Å². The summed E-state index contributed by atoms with van der Waals surface area (Å²) < 4.78 is 0.825. The molecule has 0 aromatic carbocycles. The maximum absolute atomic E-state index is 11.1. The van der Waals surface area contributed by atoms with E-state index in [1.54, 1.807) is 11.3 Å². The van der Waals surface area contributed by atoms with Crippen molar-refractivity contribution in [3.05, 3.63) is 21.3 Å². The minimum Gasteiger partial charge on any atom is -0.480 e. The molecule has 1 unspecified atom stereocenters. The third-order valence-corrected chi connectivity index (χ3v) is 4.74. The van der Waals surface area contributed by atoms with Crippen molar-refractivity contribution in [2.24, 2.45) is 0 Å². The Balaban J connectivity index is 1.83. The first kappa shape index (κ1) is 14.8. The number of piperazine rings is 1. The Bertz CT molecular complexity index is 430. The van der Waals surface area contributed by atoms with E-state index < -0.39 is 5.97 Å². The Kier molecular flexibility index (Phi) is 5.21. The molecule has 2 heterocycles. The highest BCUT2D eigenvalue weighted by atomic mass is 35.5. The predicted molar refractivity (Wildman–Crippen MR) is 77.9 cm³/mol. The lowest BCUT2D eigenvalue weighted by atomic mass is 10.1. The van der Waals surface area contributed by atoms with Crippen molar-refractivity contribution >= 4 is 28.9 Å². The molecule has 1 aromatic rings. The van der Waals surface area contributed by atoms with Crippen LogP contribution in [0, 0.1) is 0 Å². The number of aliphatic carboxylic acids is 1. The van der Waals surface area contributed by atoms with Crippen LogP contribution in [0.2, 0.25) is 4.34 Å². The predicted octanol–water partition coefficient (Wildman–Crippen LogP) is 2.38. The number of nitrogens with zero attached hydrogens (tertiary/aromatic N) is 2. The molecule has 1 aliphatic rings. The lowest BCUT2D eigenvalue weighted by molar-refractivity contribution is -0.144. The van der Waals surface area contributed by atoms with Crippen LogP contribution in [-0.2, 0) is 11.3 Å². The molecule has 0 aliphatic carbocycles. The number of rotatable bonds is 5. The largest absolute Gasteiger partial charge is 0.480 e. The van der Waals surface area contributed by atoms with E-state index in [2.05, 4.69) is 15.9 Å². The number of carboxylic acids is 1. The topological polar surface area (TPSA) is 43.8 Å². The van der Waals surface area contributed by atoms with Crippen LogP contribution in [0.25, 0.3) is 0 Å². The number of carbonyl (C=O) groups is 1. The van der Waals surface area contributed by atoms with Crippen LogP contribution in [0.5, 0.6) is 0 Å². The molecular weight excluding hydrogens is 284 g/mol. The van der Waals surface area contributed by atoms with E-state index in [-0.39, 0.29) is 6.04 Å². The average molecular weight is 303 g/mol. The van der Waals surface area contributed by atoms with Gasteiger partial charge in [0, 0.05) is 37.6 Å². The van der Waals surface area contributed by atoms with Gasteiger partial charge in [0.05, 0.1) is 4.34 Å². The van der Waals surface area contributed by atoms with E-state index in [1.807, 2.05) is 13.0 Å². The summed E-state index contributed by atoms with van der Waals surface area (Å²) in [6, 6.07) is 3.65. The standard InChI is InChI=1S/C13H19ClN2O2S/c1-2-11(13(17)18)16-7-5-15(6-8-16)9-10-3-4-12(14)19-10/h3-4,11H,2,5-9H2,1H3,(H,17,18). The number of halogens is 1. The second-order valence-electron chi connectivity index (χ2n) is 4.78. The molecule has 1 N–H and O–H groups in total. The molecule has 1 aromatic heterocycles. The fourth-order valence-electron chi connectivity index (χ4n) is 2.48. The fourth-order valence-corrected chi connectivity index (χ4v) is 3.61. The summed E-state index contributed by atoms with van der Waals surface area (Å²) in [5.41, 5.74) is 0. The van der Waals surface area contributed by atoms with E-state index in [0.717, 1.165) is 37.1 Å². The quantitative estimate of drug-likeness (QED) is 0.907. The second kappa shape index (κ2) is 6.70. The van der Waals surface area contributed by atoms with Crippen molar-refractivity contribution in [1.29, 1.82) is 0 Å². The van der Waals surface area contributed by atoms with Crippen LogP contribution >= 0.6 is 22.9 Å². The minimum atomic E-state index is -0.707. The van der Waals surface area contributed by atoms with Gasteiger partial charge >= 0.3 is 5.97 Å². The number of thiophene rings is 1. The van der Waals surface area contributed by atoms with Crippen molar-refractivity contribution < 1.29 is 9.90 Å². The summed E-state index contributed by atoms with van der Waals surface area (Å²) in [5, 5.41) is 9.16. The molecule has 1 saturated heterocycles. The van der Waals surface area contributed by atoms with Gasteiger partial charge in [0.2, 0.25) is 0 Å². The molecule has 1 atom stereocenters. The summed E-state index contributed by atoms with van der Waals surface area (Å²) in [4.78, 5) is 16.8. The zero-order chi connectivity index (χ0) is 13.8. The Hall–Kier alpha value is -0.620. The highest BCUT2D eigenvalue weighted by Gasteiger charge is 2.27. The molecule has 0 bridgehead atoms. The molecule has 0 radical (unpaired) electrons. The van der Waals surface area contributed by atoms with Crippen molar-refractivity contribution in [3.63, 3.8) is 0 Å². The third kappa shape index (κ3) is 3.92. The molecule has 106 valence electrons. The van der Waals surface area contributed by atoms with Crippen molar-refractivity contribution in [2.75, 3.05) is 26.2 Å². The van der Waals surface area contributed by atoms with Gasteiger partial charge in [-0.05, 0) is 18.6 Å². The fraction of sp³-hybridized carbons (Fsp3) is 0.615. The third-order valence-electron chi connectivity index (χ3n) is 3.53. The van der Waals surface area contributed by atoms with Crippen LogP contribution in [0.3, 0.4) is 0 Å². The molecule has 4 nitrogen and oxygen atoms in total.